The van der Waals surface area contributed by atoms with E-state index in [0.717, 1.165) is 25.7 Å². The van der Waals surface area contributed by atoms with Gasteiger partial charge in [0.05, 0.1) is 25.2 Å². The molecule has 0 amide bonds. The van der Waals surface area contributed by atoms with Gasteiger partial charge in [0, 0.05) is 11.1 Å². The van der Waals surface area contributed by atoms with Crippen molar-refractivity contribution in [2.24, 2.45) is 0 Å². The molecule has 6 nitrogen and oxygen atoms in total. The maximum absolute atomic E-state index is 10.9. The van der Waals surface area contributed by atoms with Crippen molar-refractivity contribution >= 4 is 11.9 Å². The van der Waals surface area contributed by atoms with Crippen LogP contribution in [0.2, 0.25) is 0 Å². The van der Waals surface area contributed by atoms with Gasteiger partial charge in [-0.1, -0.05) is 115 Å². The standard InChI is InChI=1S/2C16H24O3.Zn/c2*1-2-3-4-5-6-7-10-13-19-15-12-9-8-11-14(15)16(17)18;/h2*8-9,11-12H,2-7,10,13H2,1H3,(H,17,18);/q;;+2/p-2. The smallest absolute Gasteiger partial charge is 0.545 e. The van der Waals surface area contributed by atoms with Gasteiger partial charge in [-0.15, -0.1) is 0 Å². The molecule has 2 aromatic rings. The average Bonchev–Trinajstić information content (AvgIpc) is 2.92. The van der Waals surface area contributed by atoms with Crippen molar-refractivity contribution < 1.29 is 48.8 Å². The molecule has 2 rings (SSSR count). The summed E-state index contributed by atoms with van der Waals surface area (Å²) < 4.78 is 11.0. The van der Waals surface area contributed by atoms with E-state index in [0.29, 0.717) is 24.7 Å². The molecule has 0 unspecified atom stereocenters. The molecule has 212 valence electrons. The van der Waals surface area contributed by atoms with Crippen molar-refractivity contribution in [3.8, 4) is 11.5 Å². The van der Waals surface area contributed by atoms with Crippen LogP contribution in [0.25, 0.3) is 0 Å². The summed E-state index contributed by atoms with van der Waals surface area (Å²) in [6, 6.07) is 13.3. The average molecular weight is 592 g/mol. The SMILES string of the molecule is CCCCCCCCCOc1ccccc1C(=O)[O-].CCCCCCCCCOc1ccccc1C(=O)[O-].[Zn+2]. The third-order valence-corrected chi connectivity index (χ3v) is 6.22. The normalized spacial score (nSPS) is 10.1. The van der Waals surface area contributed by atoms with E-state index >= 15 is 0 Å². The van der Waals surface area contributed by atoms with Gasteiger partial charge in [0.25, 0.3) is 0 Å². The second kappa shape index (κ2) is 24.6. The van der Waals surface area contributed by atoms with Gasteiger partial charge in [-0.2, -0.15) is 0 Å². The molecule has 0 aliphatic rings. The largest absolute Gasteiger partial charge is 2.00 e. The first-order valence-electron chi connectivity index (χ1n) is 14.4. The second-order valence-corrected chi connectivity index (χ2v) is 9.51. The summed E-state index contributed by atoms with van der Waals surface area (Å²) in [7, 11) is 0. The van der Waals surface area contributed by atoms with Gasteiger partial charge >= 0.3 is 19.5 Å². The quantitative estimate of drug-likeness (QED) is 0.131. The minimum Gasteiger partial charge on any atom is -0.545 e. The van der Waals surface area contributed by atoms with E-state index in [9.17, 15) is 19.8 Å². The van der Waals surface area contributed by atoms with Crippen molar-refractivity contribution in [3.05, 3.63) is 59.7 Å². The number of carbonyl (C=O) groups is 2. The number of carbonyl (C=O) groups excluding carboxylic acids is 2. The predicted molar refractivity (Wildman–Crippen MR) is 149 cm³/mol. The van der Waals surface area contributed by atoms with Gasteiger partial charge in [-0.25, -0.2) is 0 Å². The molecular formula is C32H46O6Zn. The van der Waals surface area contributed by atoms with Gasteiger partial charge in [-0.05, 0) is 37.1 Å². The summed E-state index contributed by atoms with van der Waals surface area (Å²) in [5, 5.41) is 21.7. The molecule has 0 saturated heterocycles. The monoisotopic (exact) mass is 590 g/mol. The summed E-state index contributed by atoms with van der Waals surface area (Å²) in [5.74, 6) is -1.55. The zero-order valence-corrected chi connectivity index (χ0v) is 27.1. The number of hydrogen-bond acceptors (Lipinski definition) is 6. The fourth-order valence-corrected chi connectivity index (χ4v) is 4.00. The van der Waals surface area contributed by atoms with Crippen LogP contribution in [-0.2, 0) is 19.5 Å². The molecule has 0 aromatic heterocycles. The number of hydrogen-bond donors (Lipinski definition) is 0. The van der Waals surface area contributed by atoms with Gasteiger partial charge in [-0.3, -0.25) is 0 Å². The molecule has 7 heteroatoms. The molecule has 0 N–H and O–H groups in total. The minimum absolute atomic E-state index is 0. The third kappa shape index (κ3) is 17.7. The first-order valence-corrected chi connectivity index (χ1v) is 14.4. The summed E-state index contributed by atoms with van der Waals surface area (Å²) in [6.45, 7) is 5.56. The summed E-state index contributed by atoms with van der Waals surface area (Å²) in [4.78, 5) is 21.7. The number of unbranched alkanes of at least 4 members (excludes halogenated alkanes) is 12. The first-order chi connectivity index (χ1) is 18.5. The Labute approximate surface area is 248 Å². The van der Waals surface area contributed by atoms with Crippen LogP contribution in [0.3, 0.4) is 0 Å². The van der Waals surface area contributed by atoms with Crippen LogP contribution in [0.15, 0.2) is 48.5 Å². The Balaban J connectivity index is 0.000000722. The molecule has 0 bridgehead atoms. The van der Waals surface area contributed by atoms with Gasteiger partial charge < -0.3 is 29.3 Å². The van der Waals surface area contributed by atoms with Crippen LogP contribution in [0, 0.1) is 0 Å². The third-order valence-electron chi connectivity index (χ3n) is 6.22. The number of aromatic carboxylic acids is 2. The van der Waals surface area contributed by atoms with E-state index in [1.807, 2.05) is 0 Å². The van der Waals surface area contributed by atoms with Crippen molar-refractivity contribution in [1.82, 2.24) is 0 Å². The predicted octanol–water partition coefficient (Wildman–Crippen LogP) is 6.36. The van der Waals surface area contributed by atoms with E-state index in [2.05, 4.69) is 13.8 Å². The van der Waals surface area contributed by atoms with E-state index in [1.54, 1.807) is 36.4 Å². The Morgan fingerprint density at radius 2 is 0.846 bits per heavy atom. The molecule has 2 aromatic carbocycles. The number of carboxylic acids is 2. The molecule has 0 saturated carbocycles. The molecule has 0 spiro atoms. The molecular weight excluding hydrogens is 546 g/mol. The van der Waals surface area contributed by atoms with Gasteiger partial charge in [0.2, 0.25) is 0 Å². The second-order valence-electron chi connectivity index (χ2n) is 9.51. The van der Waals surface area contributed by atoms with E-state index in [1.165, 1.54) is 76.3 Å². The molecule has 0 aliphatic carbocycles. The Kier molecular flexibility index (Phi) is 23.1. The summed E-state index contributed by atoms with van der Waals surface area (Å²) in [5.41, 5.74) is 0.260. The van der Waals surface area contributed by atoms with Crippen molar-refractivity contribution in [3.63, 3.8) is 0 Å². The van der Waals surface area contributed by atoms with Gasteiger partial charge in [0.15, 0.2) is 0 Å². The van der Waals surface area contributed by atoms with Crippen LogP contribution in [0.5, 0.6) is 11.5 Å². The van der Waals surface area contributed by atoms with Crippen LogP contribution in [0.4, 0.5) is 0 Å². The molecule has 0 aliphatic heterocycles. The first kappa shape index (κ1) is 36.6. The Bertz CT molecular complexity index is 828. The minimum atomic E-state index is -1.19. The van der Waals surface area contributed by atoms with Crippen molar-refractivity contribution in [2.45, 2.75) is 104 Å². The summed E-state index contributed by atoms with van der Waals surface area (Å²) in [6.07, 6.45) is 17.0. The van der Waals surface area contributed by atoms with Crippen molar-refractivity contribution in [1.29, 1.82) is 0 Å². The Hall–Kier alpha value is -2.40. The number of ether oxygens (including phenoxy) is 2. The zero-order chi connectivity index (χ0) is 27.8. The molecule has 0 heterocycles. The fraction of sp³-hybridized carbons (Fsp3) is 0.562. The summed E-state index contributed by atoms with van der Waals surface area (Å²) >= 11 is 0. The van der Waals surface area contributed by atoms with E-state index in [-0.39, 0.29) is 30.6 Å². The molecule has 0 radical (unpaired) electrons. The molecule has 0 atom stereocenters. The van der Waals surface area contributed by atoms with Gasteiger partial charge in [0.1, 0.15) is 11.5 Å². The van der Waals surface area contributed by atoms with Crippen LogP contribution in [0.1, 0.15) is 124 Å². The Morgan fingerprint density at radius 1 is 0.538 bits per heavy atom. The maximum Gasteiger partial charge on any atom is 2.00 e. The fourth-order valence-electron chi connectivity index (χ4n) is 4.00. The van der Waals surface area contributed by atoms with Crippen LogP contribution < -0.4 is 19.7 Å². The molecule has 39 heavy (non-hydrogen) atoms. The van der Waals surface area contributed by atoms with Crippen LogP contribution >= 0.6 is 0 Å². The maximum atomic E-state index is 10.9. The number of rotatable bonds is 20. The number of para-hydroxylation sites is 2. The van der Waals surface area contributed by atoms with E-state index < -0.39 is 11.9 Å². The number of benzene rings is 2. The van der Waals surface area contributed by atoms with E-state index in [4.69, 9.17) is 9.47 Å². The zero-order valence-electron chi connectivity index (χ0n) is 24.1. The molecule has 0 fully saturated rings. The Morgan fingerprint density at radius 3 is 1.18 bits per heavy atom. The van der Waals surface area contributed by atoms with Crippen molar-refractivity contribution in [2.75, 3.05) is 13.2 Å². The van der Waals surface area contributed by atoms with Crippen LogP contribution in [-0.4, -0.2) is 25.2 Å². The number of carboxylic acid groups (broad SMARTS) is 2. The topological polar surface area (TPSA) is 98.7 Å².